The van der Waals surface area contributed by atoms with Gasteiger partial charge in [-0.15, -0.1) is 0 Å². The van der Waals surface area contributed by atoms with E-state index in [2.05, 4.69) is 6.07 Å². The summed E-state index contributed by atoms with van der Waals surface area (Å²) in [5.74, 6) is -0.929. The molecule has 4 aromatic rings. The highest BCUT2D eigenvalue weighted by Gasteiger charge is 2.33. The molecule has 2 aliphatic rings. The van der Waals surface area contributed by atoms with Crippen LogP contribution < -0.4 is 9.80 Å². The third kappa shape index (κ3) is 6.51. The first kappa shape index (κ1) is 32.7. The molecule has 2 aromatic carbocycles. The van der Waals surface area contributed by atoms with Crippen molar-refractivity contribution in [3.8, 4) is 17.3 Å². The van der Waals surface area contributed by atoms with Crippen molar-refractivity contribution >= 4 is 44.7 Å². The maximum absolute atomic E-state index is 16.1. The number of nitrogens with zero attached hydrogens (tertiary/aromatic N) is 7. The van der Waals surface area contributed by atoms with Crippen molar-refractivity contribution < 1.29 is 23.8 Å². The van der Waals surface area contributed by atoms with Crippen molar-refractivity contribution in [2.45, 2.75) is 38.8 Å². The maximum Gasteiger partial charge on any atom is 0.236 e. The van der Waals surface area contributed by atoms with E-state index in [-0.39, 0.29) is 42.4 Å². The van der Waals surface area contributed by atoms with Crippen molar-refractivity contribution in [3.05, 3.63) is 64.7 Å². The molecule has 47 heavy (non-hydrogen) atoms. The molecular formula is C34H37F2N7O3S. The van der Waals surface area contributed by atoms with Crippen LogP contribution in [0.25, 0.3) is 22.2 Å². The summed E-state index contributed by atoms with van der Waals surface area (Å²) < 4.78 is 29.7. The number of fused-ring (bicyclic) bond motifs is 1. The van der Waals surface area contributed by atoms with Crippen LogP contribution in [0.5, 0.6) is 0 Å². The lowest BCUT2D eigenvalue weighted by Crippen LogP contribution is -2.59. The molecule has 0 bridgehead atoms. The molecule has 4 heterocycles. The number of aliphatic hydroxyl groups is 2. The monoisotopic (exact) mass is 661 g/mol. The van der Waals surface area contributed by atoms with E-state index in [1.165, 1.54) is 29.5 Å². The second-order valence-electron chi connectivity index (χ2n) is 12.3. The Balaban J connectivity index is 1.37. The lowest BCUT2D eigenvalue weighted by molar-refractivity contribution is -0.142. The van der Waals surface area contributed by atoms with Crippen molar-refractivity contribution in [1.82, 2.24) is 19.8 Å². The lowest BCUT2D eigenvalue weighted by Gasteiger charge is -2.43. The molecule has 2 fully saturated rings. The molecule has 2 N–H and O–H groups in total. The van der Waals surface area contributed by atoms with Gasteiger partial charge in [0.15, 0.2) is 10.9 Å². The van der Waals surface area contributed by atoms with Gasteiger partial charge in [-0.3, -0.25) is 9.69 Å². The van der Waals surface area contributed by atoms with E-state index in [1.54, 1.807) is 17.0 Å². The molecule has 13 heteroatoms. The highest BCUT2D eigenvalue weighted by atomic mass is 32.1. The zero-order valence-corrected chi connectivity index (χ0v) is 27.3. The standard InChI is InChI=1S/C34H37F2N7O3S/c1-4-42(34-39-32(30(14-37)47-34)21-5-7-22(35)8-6-21)29-13-28(20(2)3)38-33-26(29)11-23(12-27(33)36)43-10-9-40(15-24(43)19-44)18-31(46)41-16-25(45)17-41/h5-8,11-13,20,24-25,44-45H,4,9-10,15-19H2,1-3H3/t24-/m1/s1. The summed E-state index contributed by atoms with van der Waals surface area (Å²) in [6.45, 7) is 8.51. The Hall–Kier alpha value is -4.22. The van der Waals surface area contributed by atoms with Gasteiger partial charge in [0, 0.05) is 61.6 Å². The minimum absolute atomic E-state index is 0.00533. The highest BCUT2D eigenvalue weighted by Crippen LogP contribution is 2.41. The number of hydrogen-bond donors (Lipinski definition) is 2. The van der Waals surface area contributed by atoms with Crippen LogP contribution in [0.1, 0.15) is 37.3 Å². The second kappa shape index (κ2) is 13.5. The molecule has 1 amide bonds. The first-order chi connectivity index (χ1) is 22.6. The minimum atomic E-state index is -0.494. The summed E-state index contributed by atoms with van der Waals surface area (Å²) in [4.78, 5) is 30.1. The Bertz CT molecular complexity index is 1820. The van der Waals surface area contributed by atoms with E-state index in [0.29, 0.717) is 83.0 Å². The first-order valence-electron chi connectivity index (χ1n) is 15.7. The molecule has 2 saturated heterocycles. The number of nitriles is 1. The van der Waals surface area contributed by atoms with Gasteiger partial charge >= 0.3 is 0 Å². The van der Waals surface area contributed by atoms with Gasteiger partial charge in [0.05, 0.1) is 31.0 Å². The third-order valence-corrected chi connectivity index (χ3v) is 9.78. The number of pyridine rings is 1. The molecule has 246 valence electrons. The minimum Gasteiger partial charge on any atom is -0.394 e. The third-order valence-electron chi connectivity index (χ3n) is 8.80. The number of carbonyl (C=O) groups is 1. The number of aliphatic hydroxyl groups excluding tert-OH is 2. The summed E-state index contributed by atoms with van der Waals surface area (Å²) in [5, 5.41) is 31.0. The molecule has 0 unspecified atom stereocenters. The normalized spacial score (nSPS) is 17.3. The predicted octanol–water partition coefficient (Wildman–Crippen LogP) is 4.48. The van der Waals surface area contributed by atoms with Gasteiger partial charge < -0.3 is 24.9 Å². The van der Waals surface area contributed by atoms with Crippen LogP contribution in [0.4, 0.5) is 25.3 Å². The van der Waals surface area contributed by atoms with E-state index in [1.807, 2.05) is 47.6 Å². The van der Waals surface area contributed by atoms with Crippen molar-refractivity contribution in [3.63, 3.8) is 0 Å². The fraction of sp³-hybridized carbons (Fsp3) is 0.412. The van der Waals surface area contributed by atoms with E-state index in [4.69, 9.17) is 9.97 Å². The number of rotatable bonds is 9. The largest absolute Gasteiger partial charge is 0.394 e. The van der Waals surface area contributed by atoms with Crippen molar-refractivity contribution in [1.29, 1.82) is 5.26 Å². The number of β-amino-alcohol motifs (C(OH)–C–C–N with tert-alkyl or cyclic N) is 1. The van der Waals surface area contributed by atoms with E-state index in [0.717, 1.165) is 0 Å². The fourth-order valence-electron chi connectivity index (χ4n) is 6.18. The maximum atomic E-state index is 16.1. The van der Waals surface area contributed by atoms with Crippen molar-refractivity contribution in [2.75, 3.05) is 62.2 Å². The van der Waals surface area contributed by atoms with Crippen molar-refractivity contribution in [2.24, 2.45) is 0 Å². The summed E-state index contributed by atoms with van der Waals surface area (Å²) in [5.41, 5.74) is 3.27. The van der Waals surface area contributed by atoms with E-state index in [9.17, 15) is 24.7 Å². The Morgan fingerprint density at radius 2 is 1.87 bits per heavy atom. The average Bonchev–Trinajstić information content (AvgIpc) is 3.47. The number of hydrogen-bond acceptors (Lipinski definition) is 10. The van der Waals surface area contributed by atoms with E-state index < -0.39 is 11.9 Å². The molecule has 1 atom stereocenters. The summed E-state index contributed by atoms with van der Waals surface area (Å²) in [6, 6.07) is 13.0. The molecule has 0 spiro atoms. The Labute approximate surface area is 276 Å². The van der Waals surface area contributed by atoms with Gasteiger partial charge in [-0.25, -0.2) is 18.7 Å². The van der Waals surface area contributed by atoms with Crippen LogP contribution in [-0.4, -0.2) is 100 Å². The Morgan fingerprint density at radius 1 is 1.13 bits per heavy atom. The fourth-order valence-corrected chi connectivity index (χ4v) is 7.14. The first-order valence-corrected chi connectivity index (χ1v) is 16.6. The van der Waals surface area contributed by atoms with Crippen LogP contribution in [0.2, 0.25) is 0 Å². The zero-order chi connectivity index (χ0) is 33.4. The summed E-state index contributed by atoms with van der Waals surface area (Å²) in [6.07, 6.45) is -0.468. The lowest BCUT2D eigenvalue weighted by atomic mass is 10.0. The zero-order valence-electron chi connectivity index (χ0n) is 26.5. The number of amides is 1. The van der Waals surface area contributed by atoms with Crippen LogP contribution in [-0.2, 0) is 4.79 Å². The molecule has 10 nitrogen and oxygen atoms in total. The molecule has 0 saturated carbocycles. The summed E-state index contributed by atoms with van der Waals surface area (Å²) >= 11 is 1.21. The molecule has 0 aliphatic carbocycles. The van der Waals surface area contributed by atoms with Gasteiger partial charge in [0.2, 0.25) is 5.91 Å². The summed E-state index contributed by atoms with van der Waals surface area (Å²) in [7, 11) is 0. The van der Waals surface area contributed by atoms with Crippen LogP contribution in [0, 0.1) is 23.0 Å². The number of anilines is 3. The quantitative estimate of drug-likeness (QED) is 0.268. The van der Waals surface area contributed by atoms with Gasteiger partial charge in [-0.1, -0.05) is 25.2 Å². The number of thiazole rings is 1. The topological polar surface area (TPSA) is 120 Å². The molecule has 6 rings (SSSR count). The Morgan fingerprint density at radius 3 is 2.51 bits per heavy atom. The van der Waals surface area contributed by atoms with Gasteiger partial charge in [-0.2, -0.15) is 5.26 Å². The molecule has 0 radical (unpaired) electrons. The highest BCUT2D eigenvalue weighted by molar-refractivity contribution is 7.16. The number of halogens is 2. The number of piperazine rings is 1. The molecule has 2 aromatic heterocycles. The van der Waals surface area contributed by atoms with Gasteiger partial charge in [-0.05, 0) is 55.3 Å². The van der Waals surface area contributed by atoms with Crippen LogP contribution >= 0.6 is 11.3 Å². The molecular weight excluding hydrogens is 624 g/mol. The SMILES string of the molecule is CCN(c1nc(-c2ccc(F)cc2)c(C#N)s1)c1cc(C(C)C)nc2c(F)cc(N3CCN(CC(=O)N4CC(O)C4)C[C@@H]3CO)cc12. The number of likely N-dealkylation sites (tertiary alicyclic amines) is 1. The second-order valence-corrected chi connectivity index (χ2v) is 13.3. The number of benzene rings is 2. The number of aromatic nitrogens is 2. The van der Waals surface area contributed by atoms with E-state index >= 15 is 4.39 Å². The van der Waals surface area contributed by atoms with Gasteiger partial charge in [0.1, 0.15) is 28.0 Å². The molecule has 2 aliphatic heterocycles. The smallest absolute Gasteiger partial charge is 0.236 e. The Kier molecular flexibility index (Phi) is 9.39. The average molecular weight is 662 g/mol. The van der Waals surface area contributed by atoms with Crippen LogP contribution in [0.15, 0.2) is 42.5 Å². The predicted molar refractivity (Wildman–Crippen MR) is 178 cm³/mol. The number of carbonyl (C=O) groups excluding carboxylic acids is 1. The van der Waals surface area contributed by atoms with Crippen LogP contribution in [0.3, 0.4) is 0 Å². The van der Waals surface area contributed by atoms with Gasteiger partial charge in [0.25, 0.3) is 0 Å².